The molecule has 0 saturated carbocycles. The number of hydrogen-bond acceptors (Lipinski definition) is 4. The van der Waals surface area contributed by atoms with E-state index in [0.29, 0.717) is 22.8 Å². The topological polar surface area (TPSA) is 98.0 Å². The van der Waals surface area contributed by atoms with Crippen LogP contribution in [0.1, 0.15) is 16.1 Å². The molecular formula is C18H14F2N4O2. The molecule has 2 aromatic carbocycles. The Morgan fingerprint density at radius 1 is 1.08 bits per heavy atom. The first kappa shape index (κ1) is 17.4. The maximum absolute atomic E-state index is 13.2. The minimum absolute atomic E-state index is 0.00327. The summed E-state index contributed by atoms with van der Waals surface area (Å²) < 4.78 is 26.5. The second-order valence-electron chi connectivity index (χ2n) is 5.64. The average molecular weight is 356 g/mol. The molecule has 0 spiro atoms. The van der Waals surface area contributed by atoms with Gasteiger partial charge in [0.1, 0.15) is 17.7 Å². The third-order valence-electron chi connectivity index (χ3n) is 3.69. The number of benzene rings is 2. The van der Waals surface area contributed by atoms with Gasteiger partial charge in [0.05, 0.1) is 16.7 Å². The van der Waals surface area contributed by atoms with Crippen molar-refractivity contribution in [3.63, 3.8) is 0 Å². The molecule has 0 fully saturated rings. The number of halogens is 2. The summed E-state index contributed by atoms with van der Waals surface area (Å²) in [7, 11) is 0. The van der Waals surface area contributed by atoms with Gasteiger partial charge in [-0.15, -0.1) is 0 Å². The van der Waals surface area contributed by atoms with Crippen molar-refractivity contribution in [1.29, 1.82) is 0 Å². The first-order valence-corrected chi connectivity index (χ1v) is 7.69. The Hall–Kier alpha value is -3.42. The number of amides is 2. The molecule has 3 rings (SSSR count). The van der Waals surface area contributed by atoms with E-state index in [9.17, 15) is 18.4 Å². The Kier molecular flexibility index (Phi) is 4.83. The average Bonchev–Trinajstić information content (AvgIpc) is 2.60. The van der Waals surface area contributed by atoms with Crippen LogP contribution in [0.3, 0.4) is 0 Å². The van der Waals surface area contributed by atoms with Crippen molar-refractivity contribution in [1.82, 2.24) is 15.3 Å². The van der Waals surface area contributed by atoms with E-state index in [1.165, 1.54) is 6.20 Å². The standard InChI is InChI=1S/C18H14F2N4O2/c19-11-5-10(6-12(20)7-11)18(26)24-16(17(21)25)8-13-9-22-14-3-1-2-4-15(14)23-13/h1-7,9,16H,8H2,(H2,21,25)(H,24,26)/t16-/m0/s1. The van der Waals surface area contributed by atoms with E-state index in [1.54, 1.807) is 18.2 Å². The highest BCUT2D eigenvalue weighted by atomic mass is 19.1. The molecule has 8 heteroatoms. The van der Waals surface area contributed by atoms with Gasteiger partial charge in [0.15, 0.2) is 0 Å². The molecule has 0 saturated heterocycles. The molecule has 0 aliphatic heterocycles. The Morgan fingerprint density at radius 3 is 2.38 bits per heavy atom. The van der Waals surface area contributed by atoms with Gasteiger partial charge in [-0.1, -0.05) is 12.1 Å². The van der Waals surface area contributed by atoms with Gasteiger partial charge in [-0.3, -0.25) is 14.6 Å². The van der Waals surface area contributed by atoms with Gasteiger partial charge in [-0.2, -0.15) is 0 Å². The molecule has 3 aromatic rings. The van der Waals surface area contributed by atoms with Gasteiger partial charge in [-0.25, -0.2) is 13.8 Å². The van der Waals surface area contributed by atoms with Crippen molar-refractivity contribution in [2.24, 2.45) is 5.73 Å². The van der Waals surface area contributed by atoms with Crippen LogP contribution < -0.4 is 11.1 Å². The molecule has 0 aliphatic rings. The lowest BCUT2D eigenvalue weighted by Gasteiger charge is -2.15. The molecule has 6 nitrogen and oxygen atoms in total. The zero-order valence-corrected chi connectivity index (χ0v) is 13.4. The second-order valence-corrected chi connectivity index (χ2v) is 5.64. The normalized spacial score (nSPS) is 11.9. The molecule has 1 atom stereocenters. The van der Waals surface area contributed by atoms with E-state index in [2.05, 4.69) is 15.3 Å². The largest absolute Gasteiger partial charge is 0.368 e. The summed E-state index contributed by atoms with van der Waals surface area (Å²) in [5, 5.41) is 2.37. The van der Waals surface area contributed by atoms with Gasteiger partial charge < -0.3 is 11.1 Å². The lowest BCUT2D eigenvalue weighted by molar-refractivity contribution is -0.119. The van der Waals surface area contributed by atoms with Crippen LogP contribution in [0.4, 0.5) is 8.78 Å². The number of fused-ring (bicyclic) bond motifs is 1. The van der Waals surface area contributed by atoms with Crippen LogP contribution >= 0.6 is 0 Å². The smallest absolute Gasteiger partial charge is 0.252 e. The summed E-state index contributed by atoms with van der Waals surface area (Å²) in [5.74, 6) is -3.41. The van der Waals surface area contributed by atoms with Crippen molar-refractivity contribution in [3.8, 4) is 0 Å². The van der Waals surface area contributed by atoms with E-state index >= 15 is 0 Å². The van der Waals surface area contributed by atoms with E-state index in [1.807, 2.05) is 6.07 Å². The fraction of sp³-hybridized carbons (Fsp3) is 0.111. The SMILES string of the molecule is NC(=O)[C@H](Cc1cnc2ccccc2n1)NC(=O)c1cc(F)cc(F)c1. The quantitative estimate of drug-likeness (QED) is 0.727. The lowest BCUT2D eigenvalue weighted by Crippen LogP contribution is -2.46. The molecule has 1 heterocycles. The summed E-state index contributed by atoms with van der Waals surface area (Å²) in [6.07, 6.45) is 1.48. The van der Waals surface area contributed by atoms with Crippen molar-refractivity contribution in [2.75, 3.05) is 0 Å². The maximum atomic E-state index is 13.2. The van der Waals surface area contributed by atoms with Gasteiger partial charge in [0.2, 0.25) is 5.91 Å². The second kappa shape index (κ2) is 7.22. The monoisotopic (exact) mass is 356 g/mol. The fourth-order valence-electron chi connectivity index (χ4n) is 2.45. The summed E-state index contributed by atoms with van der Waals surface area (Å²) >= 11 is 0. The molecule has 2 amide bonds. The van der Waals surface area contributed by atoms with Gasteiger partial charge in [0.25, 0.3) is 5.91 Å². The van der Waals surface area contributed by atoms with Crippen LogP contribution in [0, 0.1) is 11.6 Å². The van der Waals surface area contributed by atoms with Crippen molar-refractivity contribution >= 4 is 22.8 Å². The maximum Gasteiger partial charge on any atom is 0.252 e. The summed E-state index contributed by atoms with van der Waals surface area (Å²) in [4.78, 5) is 32.4. The first-order chi connectivity index (χ1) is 12.4. The Morgan fingerprint density at radius 2 is 1.73 bits per heavy atom. The number of aromatic nitrogens is 2. The van der Waals surface area contributed by atoms with Crippen molar-refractivity contribution in [2.45, 2.75) is 12.5 Å². The van der Waals surface area contributed by atoms with Crippen LogP contribution in [0.5, 0.6) is 0 Å². The van der Waals surface area contributed by atoms with Gasteiger partial charge >= 0.3 is 0 Å². The van der Waals surface area contributed by atoms with Crippen LogP contribution in [0.2, 0.25) is 0 Å². The number of rotatable bonds is 5. The highest BCUT2D eigenvalue weighted by Crippen LogP contribution is 2.11. The number of para-hydroxylation sites is 2. The molecule has 0 bridgehead atoms. The van der Waals surface area contributed by atoms with E-state index < -0.39 is 29.5 Å². The third-order valence-corrected chi connectivity index (χ3v) is 3.69. The van der Waals surface area contributed by atoms with Crippen molar-refractivity contribution < 1.29 is 18.4 Å². The minimum atomic E-state index is -1.11. The molecular weight excluding hydrogens is 342 g/mol. The fourth-order valence-corrected chi connectivity index (χ4v) is 2.45. The summed E-state index contributed by atoms with van der Waals surface area (Å²) in [6, 6.07) is 8.45. The van der Waals surface area contributed by atoms with E-state index in [4.69, 9.17) is 5.73 Å². The number of hydrogen-bond donors (Lipinski definition) is 2. The number of nitrogens with zero attached hydrogens (tertiary/aromatic N) is 2. The number of nitrogens with one attached hydrogen (secondary N) is 1. The van der Waals surface area contributed by atoms with Crippen LogP contribution in [-0.2, 0) is 11.2 Å². The van der Waals surface area contributed by atoms with Crippen LogP contribution in [0.25, 0.3) is 11.0 Å². The highest BCUT2D eigenvalue weighted by Gasteiger charge is 2.21. The highest BCUT2D eigenvalue weighted by molar-refractivity contribution is 5.97. The molecule has 0 unspecified atom stereocenters. The molecule has 26 heavy (non-hydrogen) atoms. The molecule has 1 aromatic heterocycles. The molecule has 132 valence electrons. The summed E-state index contributed by atoms with van der Waals surface area (Å²) in [6.45, 7) is 0. The van der Waals surface area contributed by atoms with Gasteiger partial charge in [-0.05, 0) is 24.3 Å². The van der Waals surface area contributed by atoms with Gasteiger partial charge in [0, 0.05) is 24.2 Å². The van der Waals surface area contributed by atoms with Crippen LogP contribution in [-0.4, -0.2) is 27.8 Å². The molecule has 0 aliphatic carbocycles. The number of primary amides is 1. The predicted molar refractivity (Wildman–Crippen MR) is 90.0 cm³/mol. The zero-order chi connectivity index (χ0) is 18.7. The number of nitrogens with two attached hydrogens (primary N) is 1. The van der Waals surface area contributed by atoms with Crippen molar-refractivity contribution in [3.05, 3.63) is 71.6 Å². The minimum Gasteiger partial charge on any atom is -0.368 e. The van der Waals surface area contributed by atoms with E-state index in [-0.39, 0.29) is 12.0 Å². The lowest BCUT2D eigenvalue weighted by atomic mass is 10.1. The number of carbonyl (C=O) groups is 2. The first-order valence-electron chi connectivity index (χ1n) is 7.69. The number of carbonyl (C=O) groups excluding carboxylic acids is 2. The Bertz CT molecular complexity index is 974. The molecule has 0 radical (unpaired) electrons. The van der Waals surface area contributed by atoms with Crippen LogP contribution in [0.15, 0.2) is 48.7 Å². The summed E-state index contributed by atoms with van der Waals surface area (Å²) in [5.41, 5.74) is 6.84. The Labute approximate surface area is 147 Å². The zero-order valence-electron chi connectivity index (χ0n) is 13.4. The predicted octanol–water partition coefficient (Wildman–Crippen LogP) is 1.73. The third kappa shape index (κ3) is 3.97. The molecule has 3 N–H and O–H groups in total. The van der Waals surface area contributed by atoms with E-state index in [0.717, 1.165) is 12.1 Å². The Balaban J connectivity index is 1.80.